The van der Waals surface area contributed by atoms with Gasteiger partial charge in [0.15, 0.2) is 0 Å². The van der Waals surface area contributed by atoms with Crippen LogP contribution >= 0.6 is 0 Å². The van der Waals surface area contributed by atoms with Crippen LogP contribution in [-0.4, -0.2) is 31.0 Å². The van der Waals surface area contributed by atoms with Crippen LogP contribution in [0.4, 0.5) is 5.69 Å². The summed E-state index contributed by atoms with van der Waals surface area (Å²) in [5.74, 6) is 0.260. The quantitative estimate of drug-likeness (QED) is 0.820. The molecule has 2 N–H and O–H groups in total. The second-order valence-corrected chi connectivity index (χ2v) is 4.05. The SMILES string of the molecule is COc1cccc(C(=O)N(C)C(C)CC#N)c1N. The average Bonchev–Trinajstić information content (AvgIpc) is 2.37. The highest BCUT2D eigenvalue weighted by Gasteiger charge is 2.20. The zero-order valence-corrected chi connectivity index (χ0v) is 10.8. The molecule has 0 bridgehead atoms. The lowest BCUT2D eigenvalue weighted by Gasteiger charge is -2.23. The van der Waals surface area contributed by atoms with Crippen molar-refractivity contribution in [1.29, 1.82) is 5.26 Å². The Morgan fingerprint density at radius 3 is 2.83 bits per heavy atom. The van der Waals surface area contributed by atoms with E-state index >= 15 is 0 Å². The highest BCUT2D eigenvalue weighted by Crippen LogP contribution is 2.26. The Hall–Kier alpha value is -2.22. The summed E-state index contributed by atoms with van der Waals surface area (Å²) >= 11 is 0. The summed E-state index contributed by atoms with van der Waals surface area (Å²) in [5.41, 5.74) is 6.58. The van der Waals surface area contributed by atoms with Gasteiger partial charge in [-0.3, -0.25) is 4.79 Å². The second-order valence-electron chi connectivity index (χ2n) is 4.05. The molecule has 5 heteroatoms. The fraction of sp³-hybridized carbons (Fsp3) is 0.385. The lowest BCUT2D eigenvalue weighted by atomic mass is 10.1. The molecular weight excluding hydrogens is 230 g/mol. The first-order chi connectivity index (χ1) is 8.52. The molecule has 5 nitrogen and oxygen atoms in total. The number of nitrogens with two attached hydrogens (primary N) is 1. The summed E-state index contributed by atoms with van der Waals surface area (Å²) in [7, 11) is 3.16. The van der Waals surface area contributed by atoms with Gasteiger partial charge in [0.2, 0.25) is 0 Å². The monoisotopic (exact) mass is 247 g/mol. The second kappa shape index (κ2) is 5.92. The molecule has 1 aromatic carbocycles. The lowest BCUT2D eigenvalue weighted by Crippen LogP contribution is -2.35. The maximum atomic E-state index is 12.2. The molecule has 18 heavy (non-hydrogen) atoms. The normalized spacial score (nSPS) is 11.4. The summed E-state index contributed by atoms with van der Waals surface area (Å²) < 4.78 is 5.08. The number of rotatable bonds is 4. The molecule has 0 saturated carbocycles. The van der Waals surface area contributed by atoms with Gasteiger partial charge in [-0.2, -0.15) is 5.26 Å². The number of amides is 1. The summed E-state index contributed by atoms with van der Waals surface area (Å²) in [4.78, 5) is 13.7. The molecule has 0 radical (unpaired) electrons. The van der Waals surface area contributed by atoms with E-state index in [1.54, 1.807) is 25.2 Å². The van der Waals surface area contributed by atoms with Gasteiger partial charge < -0.3 is 15.4 Å². The van der Waals surface area contributed by atoms with E-state index in [0.29, 0.717) is 17.0 Å². The maximum absolute atomic E-state index is 12.2. The Kier molecular flexibility index (Phi) is 4.55. The molecule has 0 aliphatic heterocycles. The number of nitrogens with zero attached hydrogens (tertiary/aromatic N) is 2. The predicted molar refractivity (Wildman–Crippen MR) is 69.2 cm³/mol. The molecule has 0 aliphatic carbocycles. The van der Waals surface area contributed by atoms with E-state index in [-0.39, 0.29) is 18.4 Å². The van der Waals surface area contributed by atoms with Crippen LogP contribution in [0.3, 0.4) is 0 Å². The molecule has 1 atom stereocenters. The number of carbonyl (C=O) groups is 1. The highest BCUT2D eigenvalue weighted by atomic mass is 16.5. The largest absolute Gasteiger partial charge is 0.495 e. The van der Waals surface area contributed by atoms with Crippen LogP contribution in [0, 0.1) is 11.3 Å². The van der Waals surface area contributed by atoms with Gasteiger partial charge in [0.25, 0.3) is 5.91 Å². The van der Waals surface area contributed by atoms with E-state index in [4.69, 9.17) is 15.7 Å². The molecule has 0 aromatic heterocycles. The molecule has 0 heterocycles. The number of nitrogen functional groups attached to an aromatic ring is 1. The molecule has 1 unspecified atom stereocenters. The Morgan fingerprint density at radius 1 is 1.61 bits per heavy atom. The Morgan fingerprint density at radius 2 is 2.28 bits per heavy atom. The number of para-hydroxylation sites is 1. The molecule has 0 saturated heterocycles. The van der Waals surface area contributed by atoms with E-state index in [0.717, 1.165) is 0 Å². The Bertz CT molecular complexity index is 480. The number of anilines is 1. The van der Waals surface area contributed by atoms with Crippen molar-refractivity contribution in [1.82, 2.24) is 4.90 Å². The van der Waals surface area contributed by atoms with Crippen molar-refractivity contribution in [3.05, 3.63) is 23.8 Å². The minimum Gasteiger partial charge on any atom is -0.495 e. The minimum absolute atomic E-state index is 0.159. The zero-order chi connectivity index (χ0) is 13.7. The van der Waals surface area contributed by atoms with Crippen molar-refractivity contribution >= 4 is 11.6 Å². The summed E-state index contributed by atoms with van der Waals surface area (Å²) in [6.45, 7) is 1.82. The number of hydrogen-bond acceptors (Lipinski definition) is 4. The van der Waals surface area contributed by atoms with Gasteiger partial charge in [0, 0.05) is 13.1 Å². The van der Waals surface area contributed by atoms with Crippen molar-refractivity contribution in [2.24, 2.45) is 0 Å². The average molecular weight is 247 g/mol. The minimum atomic E-state index is -0.214. The summed E-state index contributed by atoms with van der Waals surface area (Å²) in [6.07, 6.45) is 0.284. The molecule has 1 rings (SSSR count). The third-order valence-corrected chi connectivity index (χ3v) is 2.88. The van der Waals surface area contributed by atoms with Crippen LogP contribution in [0.1, 0.15) is 23.7 Å². The Balaban J connectivity index is 3.01. The molecule has 0 fully saturated rings. The van der Waals surface area contributed by atoms with Crippen molar-refractivity contribution in [3.8, 4) is 11.8 Å². The van der Waals surface area contributed by atoms with Crippen LogP contribution in [0.2, 0.25) is 0 Å². The first kappa shape index (κ1) is 13.8. The van der Waals surface area contributed by atoms with Crippen LogP contribution < -0.4 is 10.5 Å². The van der Waals surface area contributed by atoms with Gasteiger partial charge in [-0.25, -0.2) is 0 Å². The number of carbonyl (C=O) groups excluding carboxylic acids is 1. The number of nitriles is 1. The van der Waals surface area contributed by atoms with Crippen molar-refractivity contribution < 1.29 is 9.53 Å². The van der Waals surface area contributed by atoms with Crippen LogP contribution in [0.25, 0.3) is 0 Å². The van der Waals surface area contributed by atoms with Gasteiger partial charge in [0.1, 0.15) is 5.75 Å². The number of hydrogen-bond donors (Lipinski definition) is 1. The van der Waals surface area contributed by atoms with Crippen molar-refractivity contribution in [2.75, 3.05) is 19.9 Å². The summed E-state index contributed by atoms with van der Waals surface area (Å²) in [6, 6.07) is 6.94. The van der Waals surface area contributed by atoms with Crippen LogP contribution in [0.5, 0.6) is 5.75 Å². The fourth-order valence-corrected chi connectivity index (χ4v) is 1.57. The van der Waals surface area contributed by atoms with E-state index < -0.39 is 0 Å². The van der Waals surface area contributed by atoms with Gasteiger partial charge >= 0.3 is 0 Å². The third-order valence-electron chi connectivity index (χ3n) is 2.88. The van der Waals surface area contributed by atoms with Crippen molar-refractivity contribution in [3.63, 3.8) is 0 Å². The van der Waals surface area contributed by atoms with E-state index in [1.807, 2.05) is 13.0 Å². The molecule has 0 spiro atoms. The van der Waals surface area contributed by atoms with Crippen LogP contribution in [-0.2, 0) is 0 Å². The van der Waals surface area contributed by atoms with E-state index in [9.17, 15) is 4.79 Å². The molecule has 96 valence electrons. The first-order valence-electron chi connectivity index (χ1n) is 5.59. The Labute approximate surface area is 107 Å². The van der Waals surface area contributed by atoms with Crippen molar-refractivity contribution in [2.45, 2.75) is 19.4 Å². The van der Waals surface area contributed by atoms with Gasteiger partial charge in [-0.1, -0.05) is 6.07 Å². The zero-order valence-electron chi connectivity index (χ0n) is 10.8. The maximum Gasteiger partial charge on any atom is 0.256 e. The highest BCUT2D eigenvalue weighted by molar-refractivity contribution is 6.00. The first-order valence-corrected chi connectivity index (χ1v) is 5.59. The van der Waals surface area contributed by atoms with Crippen LogP contribution in [0.15, 0.2) is 18.2 Å². The number of methoxy groups -OCH3 is 1. The van der Waals surface area contributed by atoms with Gasteiger partial charge in [-0.15, -0.1) is 0 Å². The van der Waals surface area contributed by atoms with E-state index in [2.05, 4.69) is 0 Å². The third kappa shape index (κ3) is 2.72. The predicted octanol–water partition coefficient (Wildman–Crippen LogP) is 1.65. The standard InChI is InChI=1S/C13H17N3O2/c1-9(7-8-14)16(2)13(17)10-5-4-6-11(18-3)12(10)15/h4-6,9H,7,15H2,1-3H3. The lowest BCUT2D eigenvalue weighted by molar-refractivity contribution is 0.0747. The molecule has 1 aromatic rings. The van der Waals surface area contributed by atoms with Gasteiger partial charge in [-0.05, 0) is 19.1 Å². The van der Waals surface area contributed by atoms with E-state index in [1.165, 1.54) is 12.0 Å². The number of benzene rings is 1. The topological polar surface area (TPSA) is 79.3 Å². The molecular formula is C13H17N3O2. The fourth-order valence-electron chi connectivity index (χ4n) is 1.57. The number of ether oxygens (including phenoxy) is 1. The molecule has 0 aliphatic rings. The molecule has 1 amide bonds. The smallest absolute Gasteiger partial charge is 0.256 e. The summed E-state index contributed by atoms with van der Waals surface area (Å²) in [5, 5.41) is 8.64. The van der Waals surface area contributed by atoms with Gasteiger partial charge in [0.05, 0.1) is 30.9 Å².